The number of hydrogen-bond acceptors (Lipinski definition) is 5. The third-order valence-corrected chi connectivity index (χ3v) is 4.72. The summed E-state index contributed by atoms with van der Waals surface area (Å²) in [4.78, 5) is 24.5. The van der Waals surface area contributed by atoms with Crippen LogP contribution in [0.2, 0.25) is 10.0 Å². The van der Waals surface area contributed by atoms with Crippen molar-refractivity contribution in [2.45, 2.75) is 13.8 Å². The molecule has 3 rings (SSSR count). The van der Waals surface area contributed by atoms with Gasteiger partial charge in [0.05, 0.1) is 15.7 Å². The number of halogens is 2. The normalized spacial score (nSPS) is 14.6. The molecule has 2 heterocycles. The Morgan fingerprint density at radius 3 is 2.36 bits per heavy atom. The summed E-state index contributed by atoms with van der Waals surface area (Å²) in [5, 5.41) is 4.13. The van der Waals surface area contributed by atoms with Crippen LogP contribution >= 0.6 is 23.2 Å². The van der Waals surface area contributed by atoms with E-state index in [1.807, 2.05) is 17.9 Å². The molecule has 6 nitrogen and oxygen atoms in total. The van der Waals surface area contributed by atoms with Gasteiger partial charge in [-0.3, -0.25) is 4.79 Å². The number of hydrogen-bond donors (Lipinski definition) is 1. The summed E-state index contributed by atoms with van der Waals surface area (Å²) in [5.41, 5.74) is 1.42. The van der Waals surface area contributed by atoms with E-state index in [9.17, 15) is 4.79 Å². The van der Waals surface area contributed by atoms with Gasteiger partial charge in [0.2, 0.25) is 11.9 Å². The second-order valence-corrected chi connectivity index (χ2v) is 6.72. The summed E-state index contributed by atoms with van der Waals surface area (Å²) in [5.74, 6) is 1.37. The van der Waals surface area contributed by atoms with Crippen LogP contribution < -0.4 is 10.2 Å². The largest absolute Gasteiger partial charge is 0.353 e. The number of para-hydroxylation sites is 1. The molecule has 1 aromatic carbocycles. The molecule has 2 aromatic rings. The summed E-state index contributed by atoms with van der Waals surface area (Å²) in [6.45, 7) is 6.37. The molecule has 25 heavy (non-hydrogen) atoms. The van der Waals surface area contributed by atoms with Crippen molar-refractivity contribution in [3.05, 3.63) is 40.0 Å². The Morgan fingerprint density at radius 2 is 1.76 bits per heavy atom. The minimum Gasteiger partial charge on any atom is -0.353 e. The number of amides is 1. The highest BCUT2D eigenvalue weighted by Crippen LogP contribution is 2.32. The summed E-state index contributed by atoms with van der Waals surface area (Å²) >= 11 is 12.4. The SMILES string of the molecule is CC(=O)N1CCN(c2cc(C)nc(Nc3c(Cl)cccc3Cl)n2)CC1. The van der Waals surface area contributed by atoms with E-state index >= 15 is 0 Å². The Balaban J connectivity index is 1.81. The Labute approximate surface area is 156 Å². The second-order valence-electron chi connectivity index (χ2n) is 5.91. The third kappa shape index (κ3) is 4.14. The number of benzene rings is 1. The van der Waals surface area contributed by atoms with Crippen molar-refractivity contribution in [1.82, 2.24) is 14.9 Å². The van der Waals surface area contributed by atoms with Gasteiger partial charge in [0, 0.05) is 44.9 Å². The molecule has 0 spiro atoms. The van der Waals surface area contributed by atoms with E-state index in [1.165, 1.54) is 0 Å². The first-order valence-corrected chi connectivity index (χ1v) is 8.77. The molecule has 0 aliphatic carbocycles. The summed E-state index contributed by atoms with van der Waals surface area (Å²) in [7, 11) is 0. The lowest BCUT2D eigenvalue weighted by Crippen LogP contribution is -2.48. The van der Waals surface area contributed by atoms with E-state index in [0.29, 0.717) is 34.8 Å². The van der Waals surface area contributed by atoms with Gasteiger partial charge in [0.15, 0.2) is 0 Å². The first-order valence-electron chi connectivity index (χ1n) is 8.01. The number of carbonyl (C=O) groups excluding carboxylic acids is 1. The predicted molar refractivity (Wildman–Crippen MR) is 101 cm³/mol. The number of rotatable bonds is 3. The molecule has 0 atom stereocenters. The third-order valence-electron chi connectivity index (χ3n) is 4.09. The monoisotopic (exact) mass is 379 g/mol. The molecule has 1 aliphatic heterocycles. The summed E-state index contributed by atoms with van der Waals surface area (Å²) in [6.07, 6.45) is 0. The zero-order valence-corrected chi connectivity index (χ0v) is 15.6. The van der Waals surface area contributed by atoms with Gasteiger partial charge in [-0.1, -0.05) is 29.3 Å². The highest BCUT2D eigenvalue weighted by Gasteiger charge is 2.20. The Bertz CT molecular complexity index is 770. The maximum Gasteiger partial charge on any atom is 0.229 e. The van der Waals surface area contributed by atoms with Gasteiger partial charge in [0.25, 0.3) is 0 Å². The van der Waals surface area contributed by atoms with Crippen LogP contribution in [0.3, 0.4) is 0 Å². The standard InChI is InChI=1S/C17H19Cl2N5O/c1-11-10-15(24-8-6-23(7-9-24)12(2)25)21-17(20-11)22-16-13(18)4-3-5-14(16)19/h3-5,10H,6-9H2,1-2H3,(H,20,21,22). The van der Waals surface area contributed by atoms with E-state index in [2.05, 4.69) is 20.2 Å². The summed E-state index contributed by atoms with van der Waals surface area (Å²) in [6, 6.07) is 7.23. The quantitative estimate of drug-likeness (QED) is 0.883. The molecular formula is C17H19Cl2N5O. The maximum atomic E-state index is 11.5. The van der Waals surface area contributed by atoms with Crippen LogP contribution in [0, 0.1) is 6.92 Å². The number of aromatic nitrogens is 2. The van der Waals surface area contributed by atoms with Crippen molar-refractivity contribution in [2.75, 3.05) is 36.4 Å². The molecule has 1 N–H and O–H groups in total. The molecular weight excluding hydrogens is 361 g/mol. The number of anilines is 3. The Hall–Kier alpha value is -2.05. The minimum absolute atomic E-state index is 0.106. The number of piperazine rings is 1. The molecule has 1 aliphatic rings. The van der Waals surface area contributed by atoms with Crippen molar-refractivity contribution in [3.8, 4) is 0 Å². The van der Waals surface area contributed by atoms with Gasteiger partial charge in [0.1, 0.15) is 5.82 Å². The van der Waals surface area contributed by atoms with Gasteiger partial charge in [-0.15, -0.1) is 0 Å². The molecule has 0 unspecified atom stereocenters. The zero-order valence-electron chi connectivity index (χ0n) is 14.1. The molecule has 0 saturated carbocycles. The van der Waals surface area contributed by atoms with Crippen LogP contribution in [-0.2, 0) is 4.79 Å². The molecule has 8 heteroatoms. The number of carbonyl (C=O) groups is 1. The van der Waals surface area contributed by atoms with Crippen molar-refractivity contribution in [1.29, 1.82) is 0 Å². The molecule has 0 bridgehead atoms. The van der Waals surface area contributed by atoms with Gasteiger partial charge in [-0.25, -0.2) is 4.98 Å². The van der Waals surface area contributed by atoms with Crippen LogP contribution in [-0.4, -0.2) is 47.0 Å². The second kappa shape index (κ2) is 7.45. The first-order chi connectivity index (χ1) is 11.9. The fourth-order valence-corrected chi connectivity index (χ4v) is 3.24. The van der Waals surface area contributed by atoms with Crippen LogP contribution in [0.1, 0.15) is 12.6 Å². The average Bonchev–Trinajstić information content (AvgIpc) is 2.58. The van der Waals surface area contributed by atoms with E-state index in [-0.39, 0.29) is 5.91 Å². The predicted octanol–water partition coefficient (Wildman–Crippen LogP) is 3.50. The van der Waals surface area contributed by atoms with Gasteiger partial charge in [-0.2, -0.15) is 4.98 Å². The maximum absolute atomic E-state index is 11.5. The van der Waals surface area contributed by atoms with Crippen molar-refractivity contribution >= 4 is 46.6 Å². The van der Waals surface area contributed by atoms with Gasteiger partial charge >= 0.3 is 0 Å². The van der Waals surface area contributed by atoms with Crippen molar-refractivity contribution in [2.24, 2.45) is 0 Å². The van der Waals surface area contributed by atoms with Crippen LogP contribution in [0.5, 0.6) is 0 Å². The van der Waals surface area contributed by atoms with E-state index in [4.69, 9.17) is 23.2 Å². The molecule has 1 saturated heterocycles. The highest BCUT2D eigenvalue weighted by atomic mass is 35.5. The van der Waals surface area contributed by atoms with Crippen LogP contribution in [0.25, 0.3) is 0 Å². The highest BCUT2D eigenvalue weighted by molar-refractivity contribution is 6.39. The van der Waals surface area contributed by atoms with Crippen LogP contribution in [0.4, 0.5) is 17.5 Å². The zero-order chi connectivity index (χ0) is 18.0. The van der Waals surface area contributed by atoms with Crippen molar-refractivity contribution < 1.29 is 4.79 Å². The fraction of sp³-hybridized carbons (Fsp3) is 0.353. The lowest BCUT2D eigenvalue weighted by Gasteiger charge is -2.35. The molecule has 1 aromatic heterocycles. The summed E-state index contributed by atoms with van der Waals surface area (Å²) < 4.78 is 0. The lowest BCUT2D eigenvalue weighted by atomic mass is 10.3. The fourth-order valence-electron chi connectivity index (χ4n) is 2.75. The lowest BCUT2D eigenvalue weighted by molar-refractivity contribution is -0.129. The number of nitrogens with one attached hydrogen (secondary N) is 1. The first kappa shape index (κ1) is 17.8. The number of nitrogens with zero attached hydrogens (tertiary/aromatic N) is 4. The smallest absolute Gasteiger partial charge is 0.229 e. The van der Waals surface area contributed by atoms with E-state index in [0.717, 1.165) is 24.6 Å². The molecule has 0 radical (unpaired) electrons. The van der Waals surface area contributed by atoms with Gasteiger partial charge in [-0.05, 0) is 19.1 Å². The van der Waals surface area contributed by atoms with E-state index < -0.39 is 0 Å². The Kier molecular flexibility index (Phi) is 5.30. The topological polar surface area (TPSA) is 61.4 Å². The molecule has 1 amide bonds. The molecule has 1 fully saturated rings. The molecule has 132 valence electrons. The Morgan fingerprint density at radius 1 is 1.12 bits per heavy atom. The van der Waals surface area contributed by atoms with Crippen LogP contribution in [0.15, 0.2) is 24.3 Å². The van der Waals surface area contributed by atoms with Crippen molar-refractivity contribution in [3.63, 3.8) is 0 Å². The van der Waals surface area contributed by atoms with Gasteiger partial charge < -0.3 is 15.1 Å². The van der Waals surface area contributed by atoms with E-state index in [1.54, 1.807) is 25.1 Å². The minimum atomic E-state index is 0.106. The average molecular weight is 380 g/mol. The number of aryl methyl sites for hydroxylation is 1.